The molecule has 7 nitrogen and oxygen atoms in total. The first kappa shape index (κ1) is 22.3. The summed E-state index contributed by atoms with van der Waals surface area (Å²) in [5, 5.41) is 13.7. The largest absolute Gasteiger partial charge is 0.383 e. The molecule has 0 aliphatic carbocycles. The maximum Gasteiger partial charge on any atom is 0.233 e. The summed E-state index contributed by atoms with van der Waals surface area (Å²) in [5.41, 5.74) is 2.20. The zero-order valence-electron chi connectivity index (χ0n) is 18.1. The van der Waals surface area contributed by atoms with Crippen LogP contribution in [0.5, 0.6) is 0 Å². The standard InChI is InChI=1S/C23H23N5O2S3/c1-30-12-11-28-22(16-4-8-24-9-5-16)25-26-23(28)33-15-20(29)27-10-6-18-17(7-14-32-18)21(27)19-3-2-13-31-19/h2-5,7-9,13-14,21H,6,10-12,15H2,1H3. The molecule has 0 spiro atoms. The van der Waals surface area contributed by atoms with Crippen molar-refractivity contribution in [2.75, 3.05) is 26.0 Å². The molecule has 0 aromatic carbocycles. The van der Waals surface area contributed by atoms with Crippen molar-refractivity contribution in [2.24, 2.45) is 0 Å². The molecule has 170 valence electrons. The number of carbonyl (C=O) groups excluding carboxylic acids is 1. The van der Waals surface area contributed by atoms with Gasteiger partial charge in [-0.25, -0.2) is 0 Å². The van der Waals surface area contributed by atoms with Gasteiger partial charge in [0.2, 0.25) is 5.91 Å². The molecule has 0 saturated carbocycles. The molecule has 1 aliphatic heterocycles. The van der Waals surface area contributed by atoms with Crippen LogP contribution in [0.25, 0.3) is 11.4 Å². The van der Waals surface area contributed by atoms with Crippen molar-refractivity contribution >= 4 is 40.3 Å². The Morgan fingerprint density at radius 1 is 1.18 bits per heavy atom. The Balaban J connectivity index is 1.36. The van der Waals surface area contributed by atoms with E-state index in [4.69, 9.17) is 4.74 Å². The van der Waals surface area contributed by atoms with Gasteiger partial charge in [0.1, 0.15) is 0 Å². The Morgan fingerprint density at radius 2 is 2.06 bits per heavy atom. The van der Waals surface area contributed by atoms with Crippen molar-refractivity contribution in [1.82, 2.24) is 24.6 Å². The van der Waals surface area contributed by atoms with Crippen molar-refractivity contribution in [2.45, 2.75) is 24.2 Å². The number of hydrogen-bond donors (Lipinski definition) is 0. The second kappa shape index (κ2) is 10.2. The second-order valence-electron chi connectivity index (χ2n) is 7.53. The van der Waals surface area contributed by atoms with E-state index < -0.39 is 0 Å². The van der Waals surface area contributed by atoms with Gasteiger partial charge in [0, 0.05) is 41.4 Å². The zero-order valence-corrected chi connectivity index (χ0v) is 20.5. The van der Waals surface area contributed by atoms with Gasteiger partial charge in [-0.2, -0.15) is 0 Å². The number of pyridine rings is 1. The summed E-state index contributed by atoms with van der Waals surface area (Å²) in [4.78, 5) is 22.1. The van der Waals surface area contributed by atoms with Crippen LogP contribution in [-0.4, -0.2) is 56.6 Å². The van der Waals surface area contributed by atoms with Crippen LogP contribution in [0, 0.1) is 0 Å². The first-order valence-corrected chi connectivity index (χ1v) is 13.3. The molecule has 1 aliphatic rings. The molecule has 1 unspecified atom stereocenters. The molecule has 33 heavy (non-hydrogen) atoms. The summed E-state index contributed by atoms with van der Waals surface area (Å²) in [5.74, 6) is 1.17. The molecule has 0 fully saturated rings. The number of ether oxygens (including phenoxy) is 1. The number of amides is 1. The summed E-state index contributed by atoms with van der Waals surface area (Å²) in [6.07, 6.45) is 4.38. The summed E-state index contributed by atoms with van der Waals surface area (Å²) < 4.78 is 7.31. The summed E-state index contributed by atoms with van der Waals surface area (Å²) >= 11 is 4.92. The number of fused-ring (bicyclic) bond motifs is 1. The molecule has 0 bridgehead atoms. The molecular formula is C23H23N5O2S3. The van der Waals surface area contributed by atoms with Crippen molar-refractivity contribution in [3.63, 3.8) is 0 Å². The molecule has 5 heterocycles. The van der Waals surface area contributed by atoms with Crippen molar-refractivity contribution in [1.29, 1.82) is 0 Å². The Bertz CT molecular complexity index is 1210. The molecule has 4 aromatic rings. The SMILES string of the molecule is COCCn1c(SCC(=O)N2CCc3sccc3C2c2cccs2)nnc1-c1ccncc1. The van der Waals surface area contributed by atoms with Crippen LogP contribution in [0.3, 0.4) is 0 Å². The van der Waals surface area contributed by atoms with Gasteiger partial charge in [-0.15, -0.1) is 32.9 Å². The smallest absolute Gasteiger partial charge is 0.233 e. The lowest BCUT2D eigenvalue weighted by molar-refractivity contribution is -0.130. The molecular weight excluding hydrogens is 474 g/mol. The van der Waals surface area contributed by atoms with Crippen LogP contribution >= 0.6 is 34.4 Å². The van der Waals surface area contributed by atoms with Crippen LogP contribution in [0.1, 0.15) is 21.4 Å². The predicted octanol–water partition coefficient (Wildman–Crippen LogP) is 4.38. The van der Waals surface area contributed by atoms with Gasteiger partial charge in [-0.05, 0) is 47.0 Å². The van der Waals surface area contributed by atoms with Gasteiger partial charge in [-0.1, -0.05) is 17.8 Å². The summed E-state index contributed by atoms with van der Waals surface area (Å²) in [6, 6.07) is 10.1. The molecule has 10 heteroatoms. The molecule has 5 rings (SSSR count). The second-order valence-corrected chi connectivity index (χ2v) is 10.5. The number of carbonyl (C=O) groups is 1. The van der Waals surface area contributed by atoms with Crippen molar-refractivity contribution in [3.05, 3.63) is 68.8 Å². The lowest BCUT2D eigenvalue weighted by Crippen LogP contribution is -2.40. The number of thiophene rings is 2. The number of rotatable bonds is 8. The highest BCUT2D eigenvalue weighted by Crippen LogP contribution is 2.40. The highest BCUT2D eigenvalue weighted by molar-refractivity contribution is 7.99. The fourth-order valence-corrected chi connectivity index (χ4v) is 6.65. The highest BCUT2D eigenvalue weighted by Gasteiger charge is 2.33. The molecule has 0 saturated heterocycles. The minimum Gasteiger partial charge on any atom is -0.383 e. The van der Waals surface area contributed by atoms with Crippen LogP contribution in [0.2, 0.25) is 0 Å². The number of thioether (sulfide) groups is 1. The van der Waals surface area contributed by atoms with Gasteiger partial charge in [0.15, 0.2) is 11.0 Å². The van der Waals surface area contributed by atoms with E-state index in [9.17, 15) is 4.79 Å². The minimum absolute atomic E-state index is 0.00755. The van der Waals surface area contributed by atoms with Crippen molar-refractivity contribution in [3.8, 4) is 11.4 Å². The topological polar surface area (TPSA) is 73.1 Å². The molecule has 4 aromatic heterocycles. The van der Waals surface area contributed by atoms with E-state index in [1.807, 2.05) is 21.6 Å². The number of aromatic nitrogens is 4. The van der Waals surface area contributed by atoms with Crippen LogP contribution in [-0.2, 0) is 22.5 Å². The van der Waals surface area contributed by atoms with Crippen LogP contribution in [0.4, 0.5) is 0 Å². The van der Waals surface area contributed by atoms with Gasteiger partial charge < -0.3 is 9.64 Å². The molecule has 0 N–H and O–H groups in total. The molecule has 1 amide bonds. The van der Waals surface area contributed by atoms with Gasteiger partial charge in [0.05, 0.1) is 24.9 Å². The third-order valence-corrected chi connectivity index (χ3v) is 8.47. The fraction of sp³-hybridized carbons (Fsp3) is 0.304. The highest BCUT2D eigenvalue weighted by atomic mass is 32.2. The van der Waals surface area contributed by atoms with Gasteiger partial charge in [0.25, 0.3) is 0 Å². The lowest BCUT2D eigenvalue weighted by Gasteiger charge is -2.35. The van der Waals surface area contributed by atoms with E-state index in [2.05, 4.69) is 44.1 Å². The Morgan fingerprint density at radius 3 is 2.85 bits per heavy atom. The number of nitrogens with zero attached hydrogens (tertiary/aromatic N) is 5. The molecule has 1 atom stereocenters. The average molecular weight is 498 g/mol. The Hall–Kier alpha value is -2.53. The lowest BCUT2D eigenvalue weighted by atomic mass is 9.98. The normalized spacial score (nSPS) is 15.5. The monoisotopic (exact) mass is 497 g/mol. The first-order valence-electron chi connectivity index (χ1n) is 10.6. The number of hydrogen-bond acceptors (Lipinski definition) is 8. The maximum absolute atomic E-state index is 13.4. The fourth-order valence-electron chi connectivity index (χ4n) is 4.04. The van der Waals surface area contributed by atoms with E-state index in [1.54, 1.807) is 42.2 Å². The van der Waals surface area contributed by atoms with E-state index in [0.29, 0.717) is 24.1 Å². The zero-order chi connectivity index (χ0) is 22.6. The van der Waals surface area contributed by atoms with E-state index in [0.717, 1.165) is 24.4 Å². The first-order chi connectivity index (χ1) is 16.3. The van der Waals surface area contributed by atoms with Crippen molar-refractivity contribution < 1.29 is 9.53 Å². The molecule has 0 radical (unpaired) electrons. The Kier molecular flexibility index (Phi) is 6.86. The summed E-state index contributed by atoms with van der Waals surface area (Å²) in [6.45, 7) is 1.87. The summed E-state index contributed by atoms with van der Waals surface area (Å²) in [7, 11) is 1.67. The third kappa shape index (κ3) is 4.61. The van der Waals surface area contributed by atoms with E-state index in [1.165, 1.54) is 27.1 Å². The quantitative estimate of drug-likeness (QED) is 0.337. The van der Waals surface area contributed by atoms with Crippen LogP contribution < -0.4 is 0 Å². The Labute approximate surface area is 204 Å². The number of methoxy groups -OCH3 is 1. The average Bonchev–Trinajstić information content (AvgIpc) is 3.62. The predicted molar refractivity (Wildman–Crippen MR) is 132 cm³/mol. The third-order valence-electron chi connectivity index (χ3n) is 5.60. The van der Waals surface area contributed by atoms with Crippen LogP contribution in [0.15, 0.2) is 58.6 Å². The van der Waals surface area contributed by atoms with E-state index >= 15 is 0 Å². The maximum atomic E-state index is 13.4. The van der Waals surface area contributed by atoms with Gasteiger partial charge >= 0.3 is 0 Å². The van der Waals surface area contributed by atoms with Gasteiger partial charge in [-0.3, -0.25) is 14.3 Å². The minimum atomic E-state index is -0.00755. The van der Waals surface area contributed by atoms with E-state index in [-0.39, 0.29) is 11.9 Å².